The SMILES string of the molecule is O=C(O)c1cccc(-c2cccc([N+](=O)[O-])c2)c1O. The number of aromatic hydroxyl groups is 1. The van der Waals surface area contributed by atoms with Crippen LogP contribution in [-0.2, 0) is 0 Å². The summed E-state index contributed by atoms with van der Waals surface area (Å²) in [6.45, 7) is 0. The fraction of sp³-hybridized carbons (Fsp3) is 0. The number of rotatable bonds is 3. The lowest BCUT2D eigenvalue weighted by Crippen LogP contribution is -1.97. The van der Waals surface area contributed by atoms with Crippen molar-refractivity contribution in [2.75, 3.05) is 0 Å². The molecule has 0 radical (unpaired) electrons. The Morgan fingerprint density at radius 1 is 1.16 bits per heavy atom. The summed E-state index contributed by atoms with van der Waals surface area (Å²) in [5.41, 5.74) is 0.250. The van der Waals surface area contributed by atoms with E-state index in [0.717, 1.165) is 0 Å². The summed E-state index contributed by atoms with van der Waals surface area (Å²) in [4.78, 5) is 21.1. The molecule has 0 atom stereocenters. The molecular formula is C13H9NO5. The Morgan fingerprint density at radius 2 is 1.84 bits per heavy atom. The molecule has 96 valence electrons. The highest BCUT2D eigenvalue weighted by atomic mass is 16.6. The third kappa shape index (κ3) is 2.37. The molecule has 0 unspecified atom stereocenters. The molecule has 2 aromatic carbocycles. The van der Waals surface area contributed by atoms with Crippen LogP contribution in [0.2, 0.25) is 0 Å². The first-order chi connectivity index (χ1) is 9.00. The highest BCUT2D eigenvalue weighted by molar-refractivity contribution is 5.94. The van der Waals surface area contributed by atoms with Gasteiger partial charge in [0.05, 0.1) is 4.92 Å². The molecule has 0 heterocycles. The predicted octanol–water partition coefficient (Wildman–Crippen LogP) is 2.67. The average Bonchev–Trinajstić information content (AvgIpc) is 2.38. The Labute approximate surface area is 107 Å². The molecule has 0 fully saturated rings. The minimum atomic E-state index is -1.26. The van der Waals surface area contributed by atoms with Crippen LogP contribution in [0.1, 0.15) is 10.4 Å². The molecular weight excluding hydrogens is 250 g/mol. The van der Waals surface area contributed by atoms with Crippen LogP contribution in [0.5, 0.6) is 5.75 Å². The molecule has 6 nitrogen and oxygen atoms in total. The minimum Gasteiger partial charge on any atom is -0.506 e. The average molecular weight is 259 g/mol. The zero-order valence-corrected chi connectivity index (χ0v) is 9.61. The van der Waals surface area contributed by atoms with Crippen molar-refractivity contribution in [2.45, 2.75) is 0 Å². The lowest BCUT2D eigenvalue weighted by atomic mass is 10.0. The zero-order chi connectivity index (χ0) is 14.0. The molecule has 2 rings (SSSR count). The van der Waals surface area contributed by atoms with Gasteiger partial charge in [-0.2, -0.15) is 0 Å². The van der Waals surface area contributed by atoms with E-state index in [9.17, 15) is 20.0 Å². The zero-order valence-electron chi connectivity index (χ0n) is 9.61. The fourth-order valence-electron chi connectivity index (χ4n) is 1.74. The van der Waals surface area contributed by atoms with Gasteiger partial charge in [-0.3, -0.25) is 10.1 Å². The molecule has 6 heteroatoms. The number of nitro groups is 1. The van der Waals surface area contributed by atoms with Gasteiger partial charge in [0.15, 0.2) is 0 Å². The second-order valence-corrected chi connectivity index (χ2v) is 3.81. The fourth-order valence-corrected chi connectivity index (χ4v) is 1.74. The van der Waals surface area contributed by atoms with Crippen molar-refractivity contribution >= 4 is 11.7 Å². The molecule has 0 spiro atoms. The number of benzene rings is 2. The quantitative estimate of drug-likeness (QED) is 0.651. The van der Waals surface area contributed by atoms with E-state index >= 15 is 0 Å². The summed E-state index contributed by atoms with van der Waals surface area (Å²) >= 11 is 0. The molecule has 2 aromatic rings. The molecule has 0 bridgehead atoms. The normalized spacial score (nSPS) is 10.1. The lowest BCUT2D eigenvalue weighted by Gasteiger charge is -2.07. The van der Waals surface area contributed by atoms with Crippen molar-refractivity contribution in [1.29, 1.82) is 0 Å². The van der Waals surface area contributed by atoms with Gasteiger partial charge < -0.3 is 10.2 Å². The molecule has 2 N–H and O–H groups in total. The summed E-state index contributed by atoms with van der Waals surface area (Å²) < 4.78 is 0. The summed E-state index contributed by atoms with van der Waals surface area (Å²) in [5.74, 6) is -1.67. The van der Waals surface area contributed by atoms with E-state index in [2.05, 4.69) is 0 Å². The van der Waals surface area contributed by atoms with Crippen molar-refractivity contribution < 1.29 is 19.9 Å². The van der Waals surface area contributed by atoms with E-state index in [1.165, 1.54) is 36.4 Å². The van der Waals surface area contributed by atoms with Gasteiger partial charge in [0.2, 0.25) is 0 Å². The maximum Gasteiger partial charge on any atom is 0.339 e. The van der Waals surface area contributed by atoms with E-state index in [-0.39, 0.29) is 16.8 Å². The minimum absolute atomic E-state index is 0.127. The molecule has 19 heavy (non-hydrogen) atoms. The first-order valence-electron chi connectivity index (χ1n) is 5.31. The van der Waals surface area contributed by atoms with Crippen LogP contribution in [0, 0.1) is 10.1 Å². The molecule has 0 aromatic heterocycles. The van der Waals surface area contributed by atoms with Gasteiger partial charge in [0.1, 0.15) is 11.3 Å². The molecule has 0 aliphatic carbocycles. The largest absolute Gasteiger partial charge is 0.506 e. The topological polar surface area (TPSA) is 101 Å². The van der Waals surface area contributed by atoms with Crippen LogP contribution >= 0.6 is 0 Å². The van der Waals surface area contributed by atoms with Gasteiger partial charge in [0.25, 0.3) is 5.69 Å². The highest BCUT2D eigenvalue weighted by Crippen LogP contribution is 2.33. The van der Waals surface area contributed by atoms with E-state index in [1.807, 2.05) is 0 Å². The highest BCUT2D eigenvalue weighted by Gasteiger charge is 2.15. The molecule has 0 saturated heterocycles. The number of carboxylic acid groups (broad SMARTS) is 1. The van der Waals surface area contributed by atoms with Crippen LogP contribution in [0.3, 0.4) is 0 Å². The van der Waals surface area contributed by atoms with Crippen LogP contribution in [0.15, 0.2) is 42.5 Å². The Bertz CT molecular complexity index is 666. The van der Waals surface area contributed by atoms with Crippen molar-refractivity contribution in [2.24, 2.45) is 0 Å². The number of aromatic carboxylic acids is 1. The van der Waals surface area contributed by atoms with Gasteiger partial charge in [-0.1, -0.05) is 24.3 Å². The summed E-state index contributed by atoms with van der Waals surface area (Å²) in [6, 6.07) is 9.87. The number of carbonyl (C=O) groups is 1. The number of hydrogen-bond donors (Lipinski definition) is 2. The van der Waals surface area contributed by atoms with Crippen molar-refractivity contribution in [3.05, 3.63) is 58.1 Å². The van der Waals surface area contributed by atoms with Gasteiger partial charge >= 0.3 is 5.97 Å². The maximum absolute atomic E-state index is 10.9. The second-order valence-electron chi connectivity index (χ2n) is 3.81. The molecule has 0 saturated carbocycles. The first-order valence-corrected chi connectivity index (χ1v) is 5.31. The second kappa shape index (κ2) is 4.77. The van der Waals surface area contributed by atoms with Crippen molar-refractivity contribution in [1.82, 2.24) is 0 Å². The van der Waals surface area contributed by atoms with Crippen LogP contribution in [-0.4, -0.2) is 21.1 Å². The van der Waals surface area contributed by atoms with E-state index in [4.69, 9.17) is 5.11 Å². The van der Waals surface area contributed by atoms with E-state index < -0.39 is 16.6 Å². The number of non-ortho nitro benzene ring substituents is 1. The number of carboxylic acids is 1. The van der Waals surface area contributed by atoms with E-state index in [0.29, 0.717) is 5.56 Å². The summed E-state index contributed by atoms with van der Waals surface area (Å²) in [5, 5.41) is 29.5. The van der Waals surface area contributed by atoms with Gasteiger partial charge in [0, 0.05) is 17.7 Å². The van der Waals surface area contributed by atoms with Crippen molar-refractivity contribution in [3.63, 3.8) is 0 Å². The maximum atomic E-state index is 10.9. The van der Waals surface area contributed by atoms with Gasteiger partial charge in [-0.15, -0.1) is 0 Å². The number of hydrogen-bond acceptors (Lipinski definition) is 4. The standard InChI is InChI=1S/C13H9NO5/c15-12-10(5-2-6-11(12)13(16)17)8-3-1-4-9(7-8)14(18)19/h1-7,15H,(H,16,17). The first kappa shape index (κ1) is 12.6. The van der Waals surface area contributed by atoms with Crippen LogP contribution in [0.25, 0.3) is 11.1 Å². The lowest BCUT2D eigenvalue weighted by molar-refractivity contribution is -0.384. The van der Waals surface area contributed by atoms with Gasteiger partial charge in [-0.05, 0) is 11.6 Å². The third-order valence-electron chi connectivity index (χ3n) is 2.63. The monoisotopic (exact) mass is 259 g/mol. The van der Waals surface area contributed by atoms with Crippen LogP contribution < -0.4 is 0 Å². The van der Waals surface area contributed by atoms with Crippen LogP contribution in [0.4, 0.5) is 5.69 Å². The summed E-state index contributed by atoms with van der Waals surface area (Å²) in [7, 11) is 0. The smallest absolute Gasteiger partial charge is 0.339 e. The Balaban J connectivity index is 2.59. The number of phenols is 1. The Hall–Kier alpha value is -2.89. The Kier molecular flexibility index (Phi) is 3.15. The molecule has 0 aliphatic rings. The number of para-hydroxylation sites is 1. The van der Waals surface area contributed by atoms with E-state index in [1.54, 1.807) is 6.07 Å². The predicted molar refractivity (Wildman–Crippen MR) is 67.2 cm³/mol. The molecule has 0 amide bonds. The number of nitro benzene ring substituents is 1. The van der Waals surface area contributed by atoms with Crippen molar-refractivity contribution in [3.8, 4) is 16.9 Å². The molecule has 0 aliphatic heterocycles. The third-order valence-corrected chi connectivity index (χ3v) is 2.63. The van der Waals surface area contributed by atoms with Gasteiger partial charge in [-0.25, -0.2) is 4.79 Å². The summed E-state index contributed by atoms with van der Waals surface area (Å²) in [6.07, 6.45) is 0. The number of nitrogens with zero attached hydrogens (tertiary/aromatic N) is 1. The Morgan fingerprint density at radius 3 is 2.47 bits per heavy atom.